The fraction of sp³-hybridized carbons (Fsp3) is 0.462. The van der Waals surface area contributed by atoms with Crippen molar-refractivity contribution in [1.29, 1.82) is 0 Å². The zero-order valence-electron chi connectivity index (χ0n) is 19.9. The number of hydrogen-bond donors (Lipinski definition) is 4. The van der Waals surface area contributed by atoms with Crippen LogP contribution in [0.5, 0.6) is 11.5 Å². The molecule has 2 aromatic heterocycles. The van der Waals surface area contributed by atoms with E-state index in [0.717, 1.165) is 24.0 Å². The second-order valence-corrected chi connectivity index (χ2v) is 9.88. The molecule has 1 atom stereocenters. The number of benzene rings is 1. The lowest BCUT2D eigenvalue weighted by molar-refractivity contribution is -0.125. The van der Waals surface area contributed by atoms with E-state index in [2.05, 4.69) is 20.2 Å². The summed E-state index contributed by atoms with van der Waals surface area (Å²) in [5, 5.41) is 13.8. The van der Waals surface area contributed by atoms with Gasteiger partial charge in [0, 0.05) is 31.5 Å². The Bertz CT molecular complexity index is 1220. The maximum atomic E-state index is 14.9. The van der Waals surface area contributed by atoms with E-state index in [1.807, 2.05) is 13.1 Å². The Morgan fingerprint density at radius 1 is 1.34 bits per heavy atom. The minimum Gasteiger partial charge on any atom is -0.453 e. The lowest BCUT2D eigenvalue weighted by atomic mass is 9.87. The Kier molecular flexibility index (Phi) is 6.48. The number of carbonyl (C=O) groups is 1. The summed E-state index contributed by atoms with van der Waals surface area (Å²) in [6.07, 6.45) is 7.48. The van der Waals surface area contributed by atoms with Gasteiger partial charge in [-0.05, 0) is 68.4 Å². The normalized spacial score (nSPS) is 19.0. The van der Waals surface area contributed by atoms with E-state index in [-0.39, 0.29) is 24.7 Å². The van der Waals surface area contributed by atoms with Gasteiger partial charge in [-0.3, -0.25) is 4.79 Å². The number of aliphatic hydroxyl groups excluding tert-OH is 1. The average molecular weight is 482 g/mol. The average Bonchev–Trinajstić information content (AvgIpc) is 3.63. The first-order valence-corrected chi connectivity index (χ1v) is 12.2. The number of rotatable bonds is 8. The predicted molar refractivity (Wildman–Crippen MR) is 131 cm³/mol. The molecule has 1 saturated heterocycles. The number of aromatic amines is 1. The summed E-state index contributed by atoms with van der Waals surface area (Å²) in [6.45, 7) is 3.53. The Morgan fingerprint density at radius 2 is 2.11 bits per heavy atom. The Balaban J connectivity index is 1.21. The molecule has 3 heterocycles. The second kappa shape index (κ2) is 9.56. The molecule has 0 spiro atoms. The van der Waals surface area contributed by atoms with Crippen LogP contribution < -0.4 is 15.8 Å². The van der Waals surface area contributed by atoms with Crippen molar-refractivity contribution >= 4 is 16.9 Å². The van der Waals surface area contributed by atoms with Crippen LogP contribution in [0.2, 0.25) is 0 Å². The highest BCUT2D eigenvalue weighted by atomic mass is 19.1. The molecule has 186 valence electrons. The number of aliphatic hydroxyl groups is 1. The molecule has 1 saturated carbocycles. The molecular formula is C26H32FN5O3. The Labute approximate surface area is 203 Å². The minimum absolute atomic E-state index is 0.0847. The summed E-state index contributed by atoms with van der Waals surface area (Å²) in [4.78, 5) is 22.6. The highest BCUT2D eigenvalue weighted by molar-refractivity contribution is 5.86. The van der Waals surface area contributed by atoms with Gasteiger partial charge >= 0.3 is 0 Å². The largest absolute Gasteiger partial charge is 0.453 e. The van der Waals surface area contributed by atoms with Crippen molar-refractivity contribution in [1.82, 2.24) is 20.2 Å². The molecule has 2 aliphatic rings. The monoisotopic (exact) mass is 481 g/mol. The number of pyridine rings is 1. The molecule has 1 aliphatic heterocycles. The van der Waals surface area contributed by atoms with Gasteiger partial charge in [0.05, 0.1) is 23.6 Å². The van der Waals surface area contributed by atoms with Gasteiger partial charge < -0.3 is 30.8 Å². The first-order valence-electron chi connectivity index (χ1n) is 12.2. The van der Waals surface area contributed by atoms with Crippen molar-refractivity contribution in [3.8, 4) is 11.5 Å². The van der Waals surface area contributed by atoms with Crippen LogP contribution in [-0.2, 0) is 11.2 Å². The molecule has 2 fully saturated rings. The number of amides is 1. The van der Waals surface area contributed by atoms with Crippen LogP contribution in [0, 0.1) is 12.7 Å². The maximum Gasteiger partial charge on any atom is 0.237 e. The summed E-state index contributed by atoms with van der Waals surface area (Å²) in [5.74, 6) is -0.269. The smallest absolute Gasteiger partial charge is 0.237 e. The van der Waals surface area contributed by atoms with Gasteiger partial charge in [-0.15, -0.1) is 0 Å². The third-order valence-corrected chi connectivity index (χ3v) is 7.25. The number of nitrogens with zero attached hydrogens (tertiary/aromatic N) is 2. The molecule has 1 amide bonds. The molecule has 5 rings (SSSR count). The van der Waals surface area contributed by atoms with Crippen molar-refractivity contribution in [2.45, 2.75) is 56.7 Å². The van der Waals surface area contributed by atoms with E-state index in [4.69, 9.17) is 10.5 Å². The topological polar surface area (TPSA) is 116 Å². The van der Waals surface area contributed by atoms with Gasteiger partial charge in [-0.2, -0.15) is 0 Å². The van der Waals surface area contributed by atoms with E-state index in [9.17, 15) is 14.3 Å². The van der Waals surface area contributed by atoms with Crippen molar-refractivity contribution in [3.05, 3.63) is 53.6 Å². The number of carbonyl (C=O) groups excluding carboxylic acids is 1. The molecule has 8 nitrogen and oxygen atoms in total. The number of aromatic nitrogens is 2. The number of H-pyrrole nitrogens is 1. The van der Waals surface area contributed by atoms with Crippen LogP contribution >= 0.6 is 0 Å². The van der Waals surface area contributed by atoms with Gasteiger partial charge in [0.1, 0.15) is 11.4 Å². The molecule has 0 radical (unpaired) electrons. The second-order valence-electron chi connectivity index (χ2n) is 9.88. The number of ether oxygens (including phenoxy) is 1. The molecule has 0 unspecified atom stereocenters. The predicted octanol–water partition coefficient (Wildman–Crippen LogP) is 2.78. The number of likely N-dealkylation sites (tertiary alicyclic amines) is 1. The maximum absolute atomic E-state index is 14.9. The summed E-state index contributed by atoms with van der Waals surface area (Å²) in [5.41, 5.74) is 7.76. The summed E-state index contributed by atoms with van der Waals surface area (Å²) < 4.78 is 20.7. The summed E-state index contributed by atoms with van der Waals surface area (Å²) >= 11 is 0. The van der Waals surface area contributed by atoms with Crippen LogP contribution in [0.1, 0.15) is 36.8 Å². The third-order valence-electron chi connectivity index (χ3n) is 7.25. The first kappa shape index (κ1) is 23.7. The molecule has 0 bridgehead atoms. The number of piperidine rings is 1. The quantitative estimate of drug-likeness (QED) is 0.393. The fourth-order valence-corrected chi connectivity index (χ4v) is 4.92. The lowest BCUT2D eigenvalue weighted by Crippen LogP contribution is -2.60. The van der Waals surface area contributed by atoms with E-state index >= 15 is 0 Å². The number of nitrogens with two attached hydrogens (primary N) is 1. The van der Waals surface area contributed by atoms with E-state index in [1.54, 1.807) is 24.4 Å². The van der Waals surface area contributed by atoms with Crippen LogP contribution in [0.15, 0.2) is 36.7 Å². The van der Waals surface area contributed by atoms with Crippen molar-refractivity contribution in [2.24, 2.45) is 5.73 Å². The lowest BCUT2D eigenvalue weighted by Gasteiger charge is -2.41. The van der Waals surface area contributed by atoms with Crippen LogP contribution in [0.3, 0.4) is 0 Å². The summed E-state index contributed by atoms with van der Waals surface area (Å²) in [7, 11) is 0. The standard InChI is InChI=1S/C26H32FN5O3/c1-16-14-30-24-23(16)22(6-9-29-24)35-21-5-2-17(12-19(21)27)13-20(28)25(34)31-26(15-33)7-10-32(11-8-26)18-3-4-18/h2,5-6,9,12,14,18,20,33H,3-4,7-8,10-11,13,15,28H2,1H3,(H,29,30)(H,31,34)/t20-/m0/s1. The molecule has 35 heavy (non-hydrogen) atoms. The van der Waals surface area contributed by atoms with Crippen molar-refractivity contribution in [2.75, 3.05) is 19.7 Å². The van der Waals surface area contributed by atoms with Crippen LogP contribution in [0.25, 0.3) is 11.0 Å². The van der Waals surface area contributed by atoms with Gasteiger partial charge in [-0.1, -0.05) is 6.07 Å². The third kappa shape index (κ3) is 5.03. The van der Waals surface area contributed by atoms with Gasteiger partial charge in [-0.25, -0.2) is 9.37 Å². The van der Waals surface area contributed by atoms with Gasteiger partial charge in [0.2, 0.25) is 5.91 Å². The molecule has 9 heteroatoms. The molecule has 1 aliphatic carbocycles. The minimum atomic E-state index is -0.853. The van der Waals surface area contributed by atoms with Crippen molar-refractivity contribution in [3.63, 3.8) is 0 Å². The summed E-state index contributed by atoms with van der Waals surface area (Å²) in [6, 6.07) is 6.12. The number of fused-ring (bicyclic) bond motifs is 1. The Morgan fingerprint density at radius 3 is 2.80 bits per heavy atom. The zero-order chi connectivity index (χ0) is 24.6. The van der Waals surface area contributed by atoms with E-state index in [1.165, 1.54) is 18.9 Å². The molecule has 3 aromatic rings. The number of halogens is 1. The number of aryl methyl sites for hydroxylation is 1. The van der Waals surface area contributed by atoms with E-state index in [0.29, 0.717) is 35.8 Å². The van der Waals surface area contributed by atoms with Crippen molar-refractivity contribution < 1.29 is 19.0 Å². The first-order chi connectivity index (χ1) is 16.9. The number of hydrogen-bond acceptors (Lipinski definition) is 6. The molecular weight excluding hydrogens is 449 g/mol. The van der Waals surface area contributed by atoms with Crippen LogP contribution in [-0.4, -0.2) is 63.2 Å². The van der Waals surface area contributed by atoms with Gasteiger partial charge in [0.25, 0.3) is 0 Å². The molecule has 5 N–H and O–H groups in total. The highest BCUT2D eigenvalue weighted by Gasteiger charge is 2.40. The van der Waals surface area contributed by atoms with Gasteiger partial charge in [0.15, 0.2) is 11.6 Å². The van der Waals surface area contributed by atoms with E-state index < -0.39 is 17.4 Å². The Hall–Kier alpha value is -3.01. The fourth-order valence-electron chi connectivity index (χ4n) is 4.92. The number of nitrogens with one attached hydrogen (secondary N) is 2. The molecule has 1 aromatic carbocycles. The highest BCUT2D eigenvalue weighted by Crippen LogP contribution is 2.33. The van der Waals surface area contributed by atoms with Crippen LogP contribution in [0.4, 0.5) is 4.39 Å². The SMILES string of the molecule is Cc1c[nH]c2nccc(Oc3ccc(C[C@H](N)C(=O)NC4(CO)CCN(C5CC5)CC4)cc3F)c12. The zero-order valence-corrected chi connectivity index (χ0v) is 19.9.